The van der Waals surface area contributed by atoms with Crippen molar-refractivity contribution < 1.29 is 24.4 Å². The molecular weight excluding hydrogens is 404 g/mol. The van der Waals surface area contributed by atoms with Crippen LogP contribution in [0.1, 0.15) is 30.2 Å². The first-order chi connectivity index (χ1) is 14.9. The molecule has 164 valence electrons. The van der Waals surface area contributed by atoms with Gasteiger partial charge in [-0.1, -0.05) is 0 Å². The highest BCUT2D eigenvalue weighted by molar-refractivity contribution is 5.89. The van der Waals surface area contributed by atoms with Gasteiger partial charge in [-0.15, -0.1) is 0 Å². The minimum atomic E-state index is -1.22. The van der Waals surface area contributed by atoms with Crippen LogP contribution in [0.4, 0.5) is 5.69 Å². The molecule has 2 unspecified atom stereocenters. The van der Waals surface area contributed by atoms with Gasteiger partial charge in [-0.2, -0.15) is 5.23 Å². The molecule has 2 amide bonds. The Morgan fingerprint density at radius 2 is 2.03 bits per heavy atom. The molecule has 10 heteroatoms. The molecule has 2 fully saturated rings. The van der Waals surface area contributed by atoms with Crippen LogP contribution in [0.25, 0.3) is 0 Å². The highest BCUT2D eigenvalue weighted by Crippen LogP contribution is 2.36. The normalized spacial score (nSPS) is 26.1. The van der Waals surface area contributed by atoms with Gasteiger partial charge in [0, 0.05) is 50.3 Å². The SMILES string of the molecule is O=C1CC(C(=O)N2C[C@H]3C[C@H](C2)c2ccc([NH+]([O-])O)c(=O)n2C3)CN1Cc1ccco1. The molecule has 2 aromatic rings. The molecule has 10 nitrogen and oxygen atoms in total. The number of fused-ring (bicyclic) bond motifs is 4. The lowest BCUT2D eigenvalue weighted by Crippen LogP contribution is -3.00. The summed E-state index contributed by atoms with van der Waals surface area (Å²) in [7, 11) is 0. The van der Waals surface area contributed by atoms with Crippen molar-refractivity contribution in [3.8, 4) is 0 Å². The number of carbonyl (C=O) groups excluding carboxylic acids is 2. The first-order valence-corrected chi connectivity index (χ1v) is 10.5. The highest BCUT2D eigenvalue weighted by atomic mass is 16.8. The molecule has 5 heterocycles. The van der Waals surface area contributed by atoms with Crippen LogP contribution in [0.15, 0.2) is 39.7 Å². The largest absolute Gasteiger partial charge is 0.595 e. The van der Waals surface area contributed by atoms with E-state index in [4.69, 9.17) is 4.42 Å². The molecule has 3 aliphatic rings. The summed E-state index contributed by atoms with van der Waals surface area (Å²) in [5.74, 6) is 0.319. The second kappa shape index (κ2) is 7.63. The number of piperidine rings is 1. The van der Waals surface area contributed by atoms with Gasteiger partial charge in [-0.05, 0) is 30.5 Å². The first kappa shape index (κ1) is 20.0. The van der Waals surface area contributed by atoms with Gasteiger partial charge >= 0.3 is 5.56 Å². The number of hydrogen-bond donors (Lipinski definition) is 2. The monoisotopic (exact) mass is 428 g/mol. The van der Waals surface area contributed by atoms with Crippen LogP contribution >= 0.6 is 0 Å². The standard InChI is InChI=1S/C21H24N4O6/c26-19-7-15(11-22(19)12-16-2-1-5-31-16)20(27)23-8-13-6-14(10-23)17-3-4-18(25(29)30)21(28)24(17)9-13/h1-5,13-15,25,29H,6-12H2/t13-,14-,15?/m1/s1. The van der Waals surface area contributed by atoms with Crippen molar-refractivity contribution in [2.75, 3.05) is 19.6 Å². The number of quaternary nitrogens is 1. The van der Waals surface area contributed by atoms with Crippen molar-refractivity contribution in [2.24, 2.45) is 11.8 Å². The predicted molar refractivity (Wildman–Crippen MR) is 106 cm³/mol. The molecule has 0 aliphatic carbocycles. The van der Waals surface area contributed by atoms with Crippen LogP contribution in [0, 0.1) is 17.0 Å². The Morgan fingerprint density at radius 3 is 2.77 bits per heavy atom. The Labute approximate surface area is 177 Å². The van der Waals surface area contributed by atoms with Crippen LogP contribution in [-0.2, 0) is 22.7 Å². The van der Waals surface area contributed by atoms with E-state index in [2.05, 4.69) is 0 Å². The zero-order chi connectivity index (χ0) is 21.7. The minimum absolute atomic E-state index is 0.0108. The molecule has 0 saturated carbocycles. The number of hydrogen-bond acceptors (Lipinski definition) is 6. The molecule has 2 saturated heterocycles. The number of nitrogens with zero attached hydrogens (tertiary/aromatic N) is 3. The second-order valence-electron chi connectivity index (χ2n) is 8.69. The molecule has 31 heavy (non-hydrogen) atoms. The third-order valence-electron chi connectivity index (χ3n) is 6.64. The van der Waals surface area contributed by atoms with E-state index in [-0.39, 0.29) is 41.7 Å². The summed E-state index contributed by atoms with van der Waals surface area (Å²) >= 11 is 0. The lowest BCUT2D eigenvalue weighted by atomic mass is 9.82. The number of pyridine rings is 1. The van der Waals surface area contributed by atoms with Crippen LogP contribution in [-0.4, -0.2) is 51.0 Å². The average Bonchev–Trinajstić information content (AvgIpc) is 3.38. The predicted octanol–water partition coefficient (Wildman–Crippen LogP) is -0.161. The van der Waals surface area contributed by atoms with E-state index in [1.54, 1.807) is 27.9 Å². The van der Waals surface area contributed by atoms with Crippen molar-refractivity contribution in [2.45, 2.75) is 31.8 Å². The molecule has 2 aromatic heterocycles. The van der Waals surface area contributed by atoms with E-state index >= 15 is 0 Å². The topological polar surface area (TPSA) is 123 Å². The fourth-order valence-corrected chi connectivity index (χ4v) is 5.23. The maximum Gasteiger partial charge on any atom is 0.315 e. The quantitative estimate of drug-likeness (QED) is 0.653. The zero-order valence-corrected chi connectivity index (χ0v) is 16.9. The van der Waals surface area contributed by atoms with Crippen molar-refractivity contribution in [3.63, 3.8) is 0 Å². The lowest BCUT2D eigenvalue weighted by molar-refractivity contribution is -0.992. The Morgan fingerprint density at radius 1 is 1.19 bits per heavy atom. The summed E-state index contributed by atoms with van der Waals surface area (Å²) < 4.78 is 6.88. The van der Waals surface area contributed by atoms with Crippen LogP contribution in [0.5, 0.6) is 0 Å². The third-order valence-corrected chi connectivity index (χ3v) is 6.64. The number of furan rings is 1. The molecule has 0 spiro atoms. The van der Waals surface area contributed by atoms with Crippen molar-refractivity contribution in [1.29, 1.82) is 0 Å². The summed E-state index contributed by atoms with van der Waals surface area (Å²) in [5.41, 5.74) is 0.0814. The van der Waals surface area contributed by atoms with Crippen molar-refractivity contribution >= 4 is 17.5 Å². The fourth-order valence-electron chi connectivity index (χ4n) is 5.23. The van der Waals surface area contributed by atoms with Gasteiger partial charge in [0.1, 0.15) is 5.76 Å². The van der Waals surface area contributed by atoms with Gasteiger partial charge in [0.05, 0.1) is 18.7 Å². The van der Waals surface area contributed by atoms with Gasteiger partial charge in [-0.3, -0.25) is 14.4 Å². The molecular formula is C21H24N4O6. The average molecular weight is 428 g/mol. The van der Waals surface area contributed by atoms with Gasteiger partial charge in [0.2, 0.25) is 17.5 Å². The van der Waals surface area contributed by atoms with E-state index in [1.165, 1.54) is 6.07 Å². The summed E-state index contributed by atoms with van der Waals surface area (Å²) in [4.78, 5) is 41.7. The molecule has 5 rings (SSSR count). The fraction of sp³-hybridized carbons (Fsp3) is 0.476. The Kier molecular flexibility index (Phi) is 4.92. The highest BCUT2D eigenvalue weighted by Gasteiger charge is 2.42. The van der Waals surface area contributed by atoms with E-state index in [9.17, 15) is 24.8 Å². The van der Waals surface area contributed by atoms with Gasteiger partial charge in [-0.25, -0.2) is 5.21 Å². The molecule has 0 radical (unpaired) electrons. The number of aromatic nitrogens is 1. The Balaban J connectivity index is 1.30. The summed E-state index contributed by atoms with van der Waals surface area (Å²) in [6, 6.07) is 6.64. The molecule has 0 aromatic carbocycles. The van der Waals surface area contributed by atoms with Crippen LogP contribution in [0.2, 0.25) is 0 Å². The zero-order valence-electron chi connectivity index (χ0n) is 16.9. The Hall–Kier alpha value is -2.95. The maximum absolute atomic E-state index is 13.2. The van der Waals surface area contributed by atoms with Crippen molar-refractivity contribution in [1.82, 2.24) is 14.4 Å². The van der Waals surface area contributed by atoms with E-state index in [0.717, 1.165) is 12.1 Å². The maximum atomic E-state index is 13.2. The number of carbonyl (C=O) groups is 2. The molecule has 2 bridgehead atoms. The van der Waals surface area contributed by atoms with Gasteiger partial charge in [0.25, 0.3) is 0 Å². The smallest absolute Gasteiger partial charge is 0.315 e. The van der Waals surface area contributed by atoms with E-state index in [1.807, 2.05) is 11.0 Å². The first-order valence-electron chi connectivity index (χ1n) is 10.5. The molecule has 4 atom stereocenters. The van der Waals surface area contributed by atoms with Gasteiger partial charge in [0.15, 0.2) is 0 Å². The van der Waals surface area contributed by atoms with E-state index in [0.29, 0.717) is 38.5 Å². The Bertz CT molecular complexity index is 1060. The van der Waals surface area contributed by atoms with Crippen LogP contribution < -0.4 is 10.8 Å². The number of likely N-dealkylation sites (tertiary alicyclic amines) is 2. The van der Waals surface area contributed by atoms with Crippen LogP contribution in [0.3, 0.4) is 0 Å². The van der Waals surface area contributed by atoms with Crippen molar-refractivity contribution in [3.05, 3.63) is 57.5 Å². The molecule has 2 N–H and O–H groups in total. The van der Waals surface area contributed by atoms with E-state index < -0.39 is 10.8 Å². The lowest BCUT2D eigenvalue weighted by Gasteiger charge is -2.43. The van der Waals surface area contributed by atoms with Gasteiger partial charge < -0.3 is 24.0 Å². The molecule has 3 aliphatic heterocycles. The third kappa shape index (κ3) is 3.56. The minimum Gasteiger partial charge on any atom is -0.595 e. The number of amides is 2. The summed E-state index contributed by atoms with van der Waals surface area (Å²) in [6.45, 7) is 2.14. The number of rotatable bonds is 4. The summed E-state index contributed by atoms with van der Waals surface area (Å²) in [5, 5.41) is 19.3. The summed E-state index contributed by atoms with van der Waals surface area (Å²) in [6.07, 6.45) is 2.63. The number of nitrogens with one attached hydrogen (secondary N) is 1. The second-order valence-corrected chi connectivity index (χ2v) is 8.69.